The van der Waals surface area contributed by atoms with Gasteiger partial charge in [0, 0.05) is 23.1 Å². The van der Waals surface area contributed by atoms with Crippen LogP contribution in [-0.2, 0) is 11.2 Å². The lowest BCUT2D eigenvalue weighted by molar-refractivity contribution is -0.103. The third-order valence-electron chi connectivity index (χ3n) is 3.72. The van der Waals surface area contributed by atoms with Crippen LogP contribution >= 0.6 is 11.8 Å². The summed E-state index contributed by atoms with van der Waals surface area (Å²) in [4.78, 5) is 11.1. The Labute approximate surface area is 142 Å². The van der Waals surface area contributed by atoms with Crippen molar-refractivity contribution in [1.29, 1.82) is 0 Å². The highest BCUT2D eigenvalue weighted by Gasteiger charge is 2.14. The number of hydrogen-bond acceptors (Lipinski definition) is 5. The summed E-state index contributed by atoms with van der Waals surface area (Å²) in [5, 5.41) is 0. The van der Waals surface area contributed by atoms with E-state index in [4.69, 9.17) is 16.2 Å². The molecule has 4 nitrogen and oxygen atoms in total. The number of hydrogen-bond donors (Lipinski definition) is 2. The van der Waals surface area contributed by atoms with Crippen LogP contribution in [0.15, 0.2) is 24.4 Å². The number of benzene rings is 1. The van der Waals surface area contributed by atoms with Crippen LogP contribution in [0.3, 0.4) is 0 Å². The van der Waals surface area contributed by atoms with Crippen LogP contribution in [0, 0.1) is 0 Å². The average molecular weight is 332 g/mol. The van der Waals surface area contributed by atoms with Gasteiger partial charge < -0.3 is 16.2 Å². The van der Waals surface area contributed by atoms with E-state index in [1.54, 1.807) is 0 Å². The van der Waals surface area contributed by atoms with Crippen molar-refractivity contribution in [3.8, 4) is 5.75 Å². The molecule has 0 saturated heterocycles. The molecule has 4 N–H and O–H groups in total. The third kappa shape index (κ3) is 4.88. The average Bonchev–Trinajstić information content (AvgIpc) is 3.04. The SMILES string of the molecule is N/C=C(\C=O)c1cc2c(c(OCCSCCCCN)c1)C=CC2. The second-order valence-electron chi connectivity index (χ2n) is 5.35. The van der Waals surface area contributed by atoms with Crippen molar-refractivity contribution in [3.63, 3.8) is 0 Å². The molecule has 0 aliphatic heterocycles. The number of ether oxygens (including phenoxy) is 1. The lowest BCUT2D eigenvalue weighted by Gasteiger charge is -2.13. The highest BCUT2D eigenvalue weighted by Crippen LogP contribution is 2.33. The first-order valence-corrected chi connectivity index (χ1v) is 9.07. The Bertz CT molecular complexity index is 597. The van der Waals surface area contributed by atoms with Crippen LogP contribution in [0.5, 0.6) is 5.75 Å². The largest absolute Gasteiger partial charge is 0.492 e. The fraction of sp³-hybridized carbons (Fsp3) is 0.389. The van der Waals surface area contributed by atoms with Crippen LogP contribution in [0.4, 0.5) is 0 Å². The predicted octanol–water partition coefficient (Wildman–Crippen LogP) is 2.61. The Morgan fingerprint density at radius 3 is 2.91 bits per heavy atom. The molecule has 0 saturated carbocycles. The quantitative estimate of drug-likeness (QED) is 0.391. The van der Waals surface area contributed by atoms with Crippen LogP contribution in [-0.4, -0.2) is 30.9 Å². The van der Waals surface area contributed by atoms with Crippen LogP contribution in [0.1, 0.15) is 29.5 Å². The summed E-state index contributed by atoms with van der Waals surface area (Å²) in [5.41, 5.74) is 14.6. The summed E-state index contributed by atoms with van der Waals surface area (Å²) in [6.07, 6.45) is 9.40. The molecule has 1 aliphatic rings. The van der Waals surface area contributed by atoms with Gasteiger partial charge in [0.1, 0.15) is 5.75 Å². The maximum Gasteiger partial charge on any atom is 0.152 e. The smallest absolute Gasteiger partial charge is 0.152 e. The summed E-state index contributed by atoms with van der Waals surface area (Å²) in [7, 11) is 0. The van der Waals surface area contributed by atoms with Crippen molar-refractivity contribution in [1.82, 2.24) is 0 Å². The third-order valence-corrected chi connectivity index (χ3v) is 4.75. The molecule has 2 rings (SSSR count). The van der Waals surface area contributed by atoms with Crippen molar-refractivity contribution < 1.29 is 9.53 Å². The Kier molecular flexibility index (Phi) is 7.23. The zero-order chi connectivity index (χ0) is 16.5. The number of rotatable bonds is 10. The minimum Gasteiger partial charge on any atom is -0.492 e. The summed E-state index contributed by atoms with van der Waals surface area (Å²) in [6, 6.07) is 3.91. The molecule has 0 fully saturated rings. The molecule has 0 atom stereocenters. The van der Waals surface area contributed by atoms with Gasteiger partial charge in [0.05, 0.1) is 6.61 Å². The number of carbonyl (C=O) groups is 1. The number of nitrogens with two attached hydrogens (primary N) is 2. The van der Waals surface area contributed by atoms with Crippen LogP contribution < -0.4 is 16.2 Å². The molecule has 23 heavy (non-hydrogen) atoms. The molecule has 5 heteroatoms. The molecule has 0 heterocycles. The van der Waals surface area contributed by atoms with Gasteiger partial charge >= 0.3 is 0 Å². The monoisotopic (exact) mass is 332 g/mol. The van der Waals surface area contributed by atoms with E-state index >= 15 is 0 Å². The molecular weight excluding hydrogens is 308 g/mol. The number of fused-ring (bicyclic) bond motifs is 1. The highest BCUT2D eigenvalue weighted by molar-refractivity contribution is 7.99. The van der Waals surface area contributed by atoms with E-state index in [0.717, 1.165) is 60.5 Å². The molecule has 0 radical (unpaired) electrons. The highest BCUT2D eigenvalue weighted by atomic mass is 32.2. The summed E-state index contributed by atoms with van der Waals surface area (Å²) in [5.74, 6) is 2.89. The van der Waals surface area contributed by atoms with Crippen molar-refractivity contribution in [2.75, 3.05) is 24.7 Å². The Morgan fingerprint density at radius 1 is 1.30 bits per heavy atom. The molecule has 1 aromatic carbocycles. The molecule has 0 aromatic heterocycles. The molecule has 0 bridgehead atoms. The van der Waals surface area contributed by atoms with Crippen molar-refractivity contribution in [3.05, 3.63) is 41.1 Å². The predicted molar refractivity (Wildman–Crippen MR) is 98.5 cm³/mol. The minimum atomic E-state index is 0.487. The normalized spacial score (nSPS) is 13.2. The Balaban J connectivity index is 1.97. The number of allylic oxidation sites excluding steroid dienone is 2. The zero-order valence-electron chi connectivity index (χ0n) is 13.3. The van der Waals surface area contributed by atoms with Crippen molar-refractivity contribution >= 4 is 29.7 Å². The standard InChI is InChI=1S/C18H24N2O2S/c19-6-1-2-8-23-9-7-22-18-11-15(16(12-20)13-21)10-14-4-3-5-17(14)18/h3,5,10-13H,1-2,4,6-9,19-20H2/b16-12+. The number of carbonyl (C=O) groups excluding carboxylic acids is 1. The van der Waals surface area contributed by atoms with Gasteiger partial charge in [-0.15, -0.1) is 0 Å². The second-order valence-corrected chi connectivity index (χ2v) is 6.57. The Morgan fingerprint density at radius 2 is 2.17 bits per heavy atom. The summed E-state index contributed by atoms with van der Waals surface area (Å²) < 4.78 is 5.95. The van der Waals surface area contributed by atoms with Gasteiger partial charge in [0.25, 0.3) is 0 Å². The van der Waals surface area contributed by atoms with Gasteiger partial charge in [-0.2, -0.15) is 11.8 Å². The first kappa shape index (κ1) is 17.6. The Hall–Kier alpha value is -1.72. The van der Waals surface area contributed by atoms with Gasteiger partial charge in [0.15, 0.2) is 6.29 Å². The number of aldehydes is 1. The van der Waals surface area contributed by atoms with E-state index in [1.807, 2.05) is 23.9 Å². The van der Waals surface area contributed by atoms with E-state index in [1.165, 1.54) is 11.8 Å². The maximum atomic E-state index is 11.1. The lowest BCUT2D eigenvalue weighted by Crippen LogP contribution is -2.04. The van der Waals surface area contributed by atoms with E-state index in [0.29, 0.717) is 12.2 Å². The topological polar surface area (TPSA) is 78.3 Å². The molecule has 0 spiro atoms. The van der Waals surface area contributed by atoms with Crippen molar-refractivity contribution in [2.24, 2.45) is 11.5 Å². The fourth-order valence-corrected chi connectivity index (χ4v) is 3.31. The van der Waals surface area contributed by atoms with Gasteiger partial charge in [-0.25, -0.2) is 0 Å². The first-order valence-electron chi connectivity index (χ1n) is 7.91. The second kappa shape index (κ2) is 9.43. The number of thioether (sulfide) groups is 1. The van der Waals surface area contributed by atoms with E-state index < -0.39 is 0 Å². The summed E-state index contributed by atoms with van der Waals surface area (Å²) in [6.45, 7) is 1.41. The molecular formula is C18H24N2O2S. The lowest BCUT2D eigenvalue weighted by atomic mass is 10.0. The van der Waals surface area contributed by atoms with Crippen LogP contribution in [0.25, 0.3) is 11.6 Å². The molecule has 0 unspecified atom stereocenters. The van der Waals surface area contributed by atoms with E-state index in [9.17, 15) is 4.79 Å². The summed E-state index contributed by atoms with van der Waals surface area (Å²) >= 11 is 1.88. The molecule has 0 amide bonds. The van der Waals surface area contributed by atoms with Gasteiger partial charge in [0.2, 0.25) is 0 Å². The van der Waals surface area contributed by atoms with Crippen molar-refractivity contribution in [2.45, 2.75) is 19.3 Å². The van der Waals surface area contributed by atoms with Gasteiger partial charge in [-0.1, -0.05) is 12.2 Å². The van der Waals surface area contributed by atoms with E-state index in [2.05, 4.69) is 12.2 Å². The molecule has 124 valence electrons. The minimum absolute atomic E-state index is 0.487. The van der Waals surface area contributed by atoms with Gasteiger partial charge in [-0.05, 0) is 54.8 Å². The zero-order valence-corrected chi connectivity index (χ0v) is 14.1. The maximum absolute atomic E-state index is 11.1. The first-order chi connectivity index (χ1) is 11.3. The molecule has 1 aliphatic carbocycles. The fourth-order valence-electron chi connectivity index (χ4n) is 2.50. The van der Waals surface area contributed by atoms with Gasteiger partial charge in [-0.3, -0.25) is 4.79 Å². The van der Waals surface area contributed by atoms with E-state index in [-0.39, 0.29) is 0 Å². The molecule has 1 aromatic rings. The number of unbranched alkanes of at least 4 members (excludes halogenated alkanes) is 1. The van der Waals surface area contributed by atoms with Crippen LogP contribution in [0.2, 0.25) is 0 Å².